The first-order valence-corrected chi connectivity index (χ1v) is 3.86. The number of carboxylic acids is 1. The molecule has 0 aromatic carbocycles. The molecule has 1 aliphatic rings. The van der Waals surface area contributed by atoms with Crippen LogP contribution in [0.4, 0.5) is 0 Å². The van der Waals surface area contributed by atoms with Crippen LogP contribution in [0.2, 0.25) is 0 Å². The quantitative estimate of drug-likeness (QED) is 0.421. The number of nitrogens with two attached hydrogens (primary N) is 1. The van der Waals surface area contributed by atoms with Crippen LogP contribution in [0.1, 0.15) is 12.8 Å². The Kier molecular flexibility index (Phi) is 2.15. The summed E-state index contributed by atoms with van der Waals surface area (Å²) in [6.45, 7) is 1.65. The van der Waals surface area contributed by atoms with Crippen molar-refractivity contribution in [3.63, 3.8) is 0 Å². The fourth-order valence-corrected chi connectivity index (χ4v) is 1.33. The van der Waals surface area contributed by atoms with Gasteiger partial charge >= 0.3 is 0 Å². The van der Waals surface area contributed by atoms with E-state index in [0.717, 1.165) is 13.1 Å². The lowest BCUT2D eigenvalue weighted by atomic mass is 9.89. The molecule has 0 saturated carbocycles. The largest absolute Gasteiger partial charge is 0.548 e. The Morgan fingerprint density at radius 1 is 1.55 bits per heavy atom. The lowest BCUT2D eigenvalue weighted by molar-refractivity contribution is -0.885. The van der Waals surface area contributed by atoms with Crippen molar-refractivity contribution in [2.24, 2.45) is 5.73 Å². The molecule has 0 atom stereocenters. The smallest absolute Gasteiger partial charge is 0.0790 e. The number of carboxylic acid groups (broad SMARTS) is 1. The molecule has 0 radical (unpaired) electrons. The van der Waals surface area contributed by atoms with Gasteiger partial charge in [-0.3, -0.25) is 0 Å². The summed E-state index contributed by atoms with van der Waals surface area (Å²) in [4.78, 5) is 11.9. The molecule has 1 saturated heterocycles. The summed E-state index contributed by atoms with van der Waals surface area (Å²) < 4.78 is 0. The Bertz CT molecular complexity index is 162. The first kappa shape index (κ1) is 8.49. The van der Waals surface area contributed by atoms with Crippen LogP contribution >= 0.6 is 0 Å². The van der Waals surface area contributed by atoms with Gasteiger partial charge in [0.2, 0.25) is 0 Å². The van der Waals surface area contributed by atoms with Crippen LogP contribution in [-0.2, 0) is 4.79 Å². The third-order valence-electron chi connectivity index (χ3n) is 2.40. The van der Waals surface area contributed by atoms with Gasteiger partial charge in [0.1, 0.15) is 0 Å². The summed E-state index contributed by atoms with van der Waals surface area (Å²) in [5, 5.41) is 10.5. The van der Waals surface area contributed by atoms with Gasteiger partial charge in [0, 0.05) is 12.8 Å². The highest BCUT2D eigenvalue weighted by molar-refractivity contribution is 5.76. The van der Waals surface area contributed by atoms with Crippen LogP contribution in [0.15, 0.2) is 0 Å². The SMILES string of the molecule is C[NH+]1CCC(N)(C(=O)[O-])CC1. The Morgan fingerprint density at radius 3 is 2.36 bits per heavy atom. The summed E-state index contributed by atoms with van der Waals surface area (Å²) in [6.07, 6.45) is 1.06. The molecule has 0 unspecified atom stereocenters. The summed E-state index contributed by atoms with van der Waals surface area (Å²) in [5.74, 6) is -1.11. The predicted octanol–water partition coefficient (Wildman–Crippen LogP) is -3.26. The Balaban J connectivity index is 2.55. The molecule has 4 nitrogen and oxygen atoms in total. The van der Waals surface area contributed by atoms with E-state index in [0.29, 0.717) is 12.8 Å². The Labute approximate surface area is 66.0 Å². The highest BCUT2D eigenvalue weighted by Crippen LogP contribution is 2.10. The van der Waals surface area contributed by atoms with E-state index in [1.54, 1.807) is 0 Å². The molecule has 4 heteroatoms. The van der Waals surface area contributed by atoms with E-state index in [-0.39, 0.29) is 0 Å². The highest BCUT2D eigenvalue weighted by Gasteiger charge is 2.32. The molecule has 1 fully saturated rings. The van der Waals surface area contributed by atoms with Crippen LogP contribution in [0.5, 0.6) is 0 Å². The number of quaternary nitrogens is 1. The molecular formula is C7H14N2O2. The summed E-state index contributed by atoms with van der Waals surface area (Å²) in [6, 6.07) is 0. The molecular weight excluding hydrogens is 144 g/mol. The first-order chi connectivity index (χ1) is 5.04. The van der Waals surface area contributed by atoms with Crippen molar-refractivity contribution in [3.8, 4) is 0 Å². The molecule has 11 heavy (non-hydrogen) atoms. The number of rotatable bonds is 1. The summed E-state index contributed by atoms with van der Waals surface area (Å²) >= 11 is 0. The zero-order valence-corrected chi connectivity index (χ0v) is 6.72. The average molecular weight is 158 g/mol. The second-order valence-electron chi connectivity index (χ2n) is 3.40. The van der Waals surface area contributed by atoms with Crippen molar-refractivity contribution in [1.82, 2.24) is 0 Å². The van der Waals surface area contributed by atoms with E-state index in [2.05, 4.69) is 0 Å². The second kappa shape index (κ2) is 2.79. The molecule has 0 aliphatic carbocycles. The zero-order chi connectivity index (χ0) is 8.48. The number of nitrogens with one attached hydrogen (secondary N) is 1. The average Bonchev–Trinajstić information content (AvgIpc) is 1.95. The minimum absolute atomic E-state index is 0.529. The minimum atomic E-state index is -1.11. The van der Waals surface area contributed by atoms with E-state index in [4.69, 9.17) is 5.73 Å². The second-order valence-corrected chi connectivity index (χ2v) is 3.40. The van der Waals surface area contributed by atoms with Gasteiger partial charge in [-0.15, -0.1) is 0 Å². The third-order valence-corrected chi connectivity index (χ3v) is 2.40. The summed E-state index contributed by atoms with van der Waals surface area (Å²) in [7, 11) is 2.04. The van der Waals surface area contributed by atoms with Crippen molar-refractivity contribution in [2.45, 2.75) is 18.4 Å². The maximum Gasteiger partial charge on any atom is 0.0790 e. The highest BCUT2D eigenvalue weighted by atomic mass is 16.4. The molecule has 0 amide bonds. The van der Waals surface area contributed by atoms with Gasteiger partial charge in [-0.2, -0.15) is 0 Å². The first-order valence-electron chi connectivity index (χ1n) is 3.86. The number of hydrogen-bond donors (Lipinski definition) is 2. The van der Waals surface area contributed by atoms with Crippen molar-refractivity contribution < 1.29 is 14.8 Å². The predicted molar refractivity (Wildman–Crippen MR) is 37.8 cm³/mol. The molecule has 1 aliphatic heterocycles. The molecule has 1 heterocycles. The fourth-order valence-electron chi connectivity index (χ4n) is 1.33. The van der Waals surface area contributed by atoms with E-state index in [1.807, 2.05) is 7.05 Å². The number of carbonyl (C=O) groups excluding carboxylic acids is 1. The number of hydrogen-bond acceptors (Lipinski definition) is 3. The molecule has 0 aromatic heterocycles. The number of carbonyl (C=O) groups is 1. The van der Waals surface area contributed by atoms with Gasteiger partial charge in [0.25, 0.3) is 0 Å². The normalized spacial score (nSPS) is 38.5. The van der Waals surface area contributed by atoms with E-state index >= 15 is 0 Å². The van der Waals surface area contributed by atoms with Crippen molar-refractivity contribution in [2.75, 3.05) is 20.1 Å². The minimum Gasteiger partial charge on any atom is -0.548 e. The number of aliphatic carboxylic acids is 1. The molecule has 0 spiro atoms. The standard InChI is InChI=1S/C7H14N2O2/c1-9-4-2-7(8,3-5-9)6(10)11/h2-5,8H2,1H3,(H,10,11). The molecule has 0 bridgehead atoms. The fraction of sp³-hybridized carbons (Fsp3) is 0.857. The molecule has 3 N–H and O–H groups in total. The van der Waals surface area contributed by atoms with Gasteiger partial charge in [0.05, 0.1) is 31.6 Å². The van der Waals surface area contributed by atoms with Gasteiger partial charge < -0.3 is 20.5 Å². The van der Waals surface area contributed by atoms with E-state index in [1.165, 1.54) is 4.90 Å². The van der Waals surface area contributed by atoms with Crippen LogP contribution in [0.25, 0.3) is 0 Å². The maximum absolute atomic E-state index is 10.5. The maximum atomic E-state index is 10.5. The zero-order valence-electron chi connectivity index (χ0n) is 6.72. The Morgan fingerprint density at radius 2 is 2.00 bits per heavy atom. The van der Waals surface area contributed by atoms with E-state index < -0.39 is 11.5 Å². The monoisotopic (exact) mass is 158 g/mol. The molecule has 1 rings (SSSR count). The van der Waals surface area contributed by atoms with Crippen molar-refractivity contribution >= 4 is 5.97 Å². The van der Waals surface area contributed by atoms with Crippen LogP contribution in [-0.4, -0.2) is 31.6 Å². The van der Waals surface area contributed by atoms with Crippen LogP contribution < -0.4 is 15.7 Å². The lowest BCUT2D eigenvalue weighted by Crippen LogP contribution is -3.11. The van der Waals surface area contributed by atoms with Crippen LogP contribution in [0.3, 0.4) is 0 Å². The number of piperidine rings is 1. The van der Waals surface area contributed by atoms with Gasteiger partial charge in [-0.1, -0.05) is 0 Å². The Hall–Kier alpha value is -0.610. The van der Waals surface area contributed by atoms with Crippen LogP contribution in [0, 0.1) is 0 Å². The lowest BCUT2D eigenvalue weighted by Gasteiger charge is -2.35. The number of likely N-dealkylation sites (tertiary alicyclic amines) is 1. The van der Waals surface area contributed by atoms with Crippen molar-refractivity contribution in [1.29, 1.82) is 0 Å². The molecule has 64 valence electrons. The van der Waals surface area contributed by atoms with Gasteiger partial charge in [-0.05, 0) is 0 Å². The van der Waals surface area contributed by atoms with E-state index in [9.17, 15) is 9.90 Å². The molecule has 0 aromatic rings. The van der Waals surface area contributed by atoms with Gasteiger partial charge in [0.15, 0.2) is 0 Å². The van der Waals surface area contributed by atoms with Gasteiger partial charge in [-0.25, -0.2) is 0 Å². The third kappa shape index (κ3) is 1.70. The topological polar surface area (TPSA) is 70.6 Å². The summed E-state index contributed by atoms with van der Waals surface area (Å²) in [5.41, 5.74) is 4.53. The van der Waals surface area contributed by atoms with Crippen molar-refractivity contribution in [3.05, 3.63) is 0 Å².